The van der Waals surface area contributed by atoms with Gasteiger partial charge in [-0.2, -0.15) is 0 Å². The van der Waals surface area contributed by atoms with Gasteiger partial charge in [-0.15, -0.1) is 0 Å². The quantitative estimate of drug-likeness (QED) is 0.779. The van der Waals surface area contributed by atoms with Crippen LogP contribution in [0.4, 0.5) is 0 Å². The number of aryl methyl sites for hydroxylation is 1. The molecule has 1 aromatic heterocycles. The smallest absolute Gasteiger partial charge is 0.333 e. The first-order valence-corrected chi connectivity index (χ1v) is 6.73. The Balaban J connectivity index is 2.49. The van der Waals surface area contributed by atoms with Crippen molar-refractivity contribution in [3.05, 3.63) is 32.6 Å². The molecule has 0 aliphatic carbocycles. The van der Waals surface area contributed by atoms with Crippen LogP contribution in [0.25, 0.3) is 0 Å². The third-order valence-electron chi connectivity index (χ3n) is 3.61. The molecule has 0 spiro atoms. The molecule has 1 saturated heterocycles. The second kappa shape index (κ2) is 5.51. The fourth-order valence-electron chi connectivity index (χ4n) is 2.48. The van der Waals surface area contributed by atoms with Crippen molar-refractivity contribution in [3.63, 3.8) is 0 Å². The van der Waals surface area contributed by atoms with Gasteiger partial charge >= 0.3 is 5.69 Å². The highest BCUT2D eigenvalue weighted by Gasteiger charge is 2.34. The van der Waals surface area contributed by atoms with Crippen LogP contribution in [0.15, 0.2) is 15.8 Å². The number of aliphatic hydroxyl groups excluding tert-OH is 1. The Morgan fingerprint density at radius 2 is 2.15 bits per heavy atom. The summed E-state index contributed by atoms with van der Waals surface area (Å²) in [6.07, 6.45) is 0.909. The largest absolute Gasteiger partial charge is 0.394 e. The van der Waals surface area contributed by atoms with E-state index >= 15 is 0 Å². The number of ether oxygens (including phenoxy) is 1. The van der Waals surface area contributed by atoms with Crippen LogP contribution in [-0.4, -0.2) is 33.0 Å². The van der Waals surface area contributed by atoms with Crippen LogP contribution in [-0.2, 0) is 4.74 Å². The topological polar surface area (TPSA) is 99.5 Å². The average molecular weight is 283 g/mol. The van der Waals surface area contributed by atoms with Crippen LogP contribution in [0, 0.1) is 6.92 Å². The molecule has 7 nitrogen and oxygen atoms in total. The van der Waals surface area contributed by atoms with Crippen LogP contribution < -0.4 is 17.0 Å². The van der Waals surface area contributed by atoms with E-state index in [0.717, 1.165) is 0 Å². The van der Waals surface area contributed by atoms with Crippen molar-refractivity contribution in [1.82, 2.24) is 9.13 Å². The summed E-state index contributed by atoms with van der Waals surface area (Å²) in [7, 11) is 0. The van der Waals surface area contributed by atoms with Gasteiger partial charge in [0.25, 0.3) is 5.56 Å². The van der Waals surface area contributed by atoms with E-state index in [2.05, 4.69) is 0 Å². The maximum Gasteiger partial charge on any atom is 0.333 e. The van der Waals surface area contributed by atoms with Crippen molar-refractivity contribution in [1.29, 1.82) is 0 Å². The van der Waals surface area contributed by atoms with Crippen LogP contribution in [0.2, 0.25) is 0 Å². The Kier molecular flexibility index (Phi) is 4.12. The maximum absolute atomic E-state index is 12.4. The molecule has 3 atom stereocenters. The first-order valence-electron chi connectivity index (χ1n) is 6.73. The Morgan fingerprint density at radius 1 is 1.50 bits per heavy atom. The maximum atomic E-state index is 12.4. The Bertz CT molecular complexity index is 605. The monoisotopic (exact) mass is 283 g/mol. The number of aromatic nitrogens is 2. The summed E-state index contributed by atoms with van der Waals surface area (Å²) < 4.78 is 8.19. The molecule has 1 fully saturated rings. The van der Waals surface area contributed by atoms with E-state index in [1.807, 2.05) is 0 Å². The lowest BCUT2D eigenvalue weighted by molar-refractivity contribution is -0.0279. The molecule has 0 amide bonds. The first kappa shape index (κ1) is 15.0. The summed E-state index contributed by atoms with van der Waals surface area (Å²) >= 11 is 0. The van der Waals surface area contributed by atoms with Gasteiger partial charge in [0.15, 0.2) is 0 Å². The van der Waals surface area contributed by atoms with Crippen molar-refractivity contribution < 1.29 is 9.84 Å². The fourth-order valence-corrected chi connectivity index (χ4v) is 2.48. The van der Waals surface area contributed by atoms with Gasteiger partial charge < -0.3 is 15.6 Å². The molecule has 20 heavy (non-hydrogen) atoms. The highest BCUT2D eigenvalue weighted by molar-refractivity contribution is 5.04. The van der Waals surface area contributed by atoms with Crippen LogP contribution in [0.1, 0.15) is 38.1 Å². The predicted octanol–water partition coefficient (Wildman–Crippen LogP) is -0.494. The number of hydrogen-bond donors (Lipinski definition) is 2. The minimum Gasteiger partial charge on any atom is -0.394 e. The van der Waals surface area contributed by atoms with E-state index in [-0.39, 0.29) is 24.2 Å². The number of rotatable bonds is 3. The molecule has 7 heteroatoms. The molecule has 1 unspecified atom stereocenters. The van der Waals surface area contributed by atoms with Crippen molar-refractivity contribution in [3.8, 4) is 0 Å². The summed E-state index contributed by atoms with van der Waals surface area (Å²) in [5.74, 6) is 0. The van der Waals surface area contributed by atoms with Gasteiger partial charge in [-0.25, -0.2) is 4.79 Å². The summed E-state index contributed by atoms with van der Waals surface area (Å²) in [6.45, 7) is 5.04. The zero-order valence-electron chi connectivity index (χ0n) is 11.9. The predicted molar refractivity (Wildman–Crippen MR) is 73.7 cm³/mol. The zero-order valence-corrected chi connectivity index (χ0v) is 11.9. The van der Waals surface area contributed by atoms with Crippen LogP contribution >= 0.6 is 0 Å². The summed E-state index contributed by atoms with van der Waals surface area (Å²) in [4.78, 5) is 24.4. The Hall–Kier alpha value is -1.44. The molecule has 0 aromatic carbocycles. The van der Waals surface area contributed by atoms with E-state index in [4.69, 9.17) is 15.6 Å². The van der Waals surface area contributed by atoms with Crippen molar-refractivity contribution in [2.75, 3.05) is 6.61 Å². The normalized spacial score (nSPS) is 26.4. The minimum absolute atomic E-state index is 0.185. The van der Waals surface area contributed by atoms with Crippen molar-refractivity contribution in [2.24, 2.45) is 5.73 Å². The van der Waals surface area contributed by atoms with E-state index in [0.29, 0.717) is 12.0 Å². The van der Waals surface area contributed by atoms with Crippen LogP contribution in [0.3, 0.4) is 0 Å². The van der Waals surface area contributed by atoms with Gasteiger partial charge in [0, 0.05) is 30.3 Å². The van der Waals surface area contributed by atoms with Crippen molar-refractivity contribution >= 4 is 0 Å². The lowest BCUT2D eigenvalue weighted by atomic mass is 10.1. The van der Waals surface area contributed by atoms with Crippen LogP contribution in [0.5, 0.6) is 0 Å². The molecule has 0 bridgehead atoms. The average Bonchev–Trinajstić information content (AvgIpc) is 2.74. The van der Waals surface area contributed by atoms with Gasteiger partial charge in [-0.1, -0.05) is 0 Å². The third kappa shape index (κ3) is 2.44. The molecular weight excluding hydrogens is 262 g/mol. The highest BCUT2D eigenvalue weighted by atomic mass is 16.5. The Labute approximate surface area is 116 Å². The summed E-state index contributed by atoms with van der Waals surface area (Å²) in [5.41, 5.74) is 5.64. The standard InChI is InChI=1S/C13H21N3O4/c1-7(2)16-12(18)8(3)5-15(13(16)19)11-4-9(14)10(6-17)20-11/h5,7,9-11,17H,4,6,14H2,1-3H3/t9?,10-,11-/m1/s1. The van der Waals surface area contributed by atoms with E-state index in [1.165, 1.54) is 15.3 Å². The molecule has 1 aromatic rings. The zero-order chi connectivity index (χ0) is 15.0. The van der Waals surface area contributed by atoms with Crippen molar-refractivity contribution in [2.45, 2.75) is 51.6 Å². The third-order valence-corrected chi connectivity index (χ3v) is 3.61. The van der Waals surface area contributed by atoms with E-state index in [1.54, 1.807) is 20.8 Å². The molecule has 3 N–H and O–H groups in total. The second-order valence-electron chi connectivity index (χ2n) is 5.48. The van der Waals surface area contributed by atoms with Gasteiger partial charge in [0.1, 0.15) is 6.23 Å². The molecule has 112 valence electrons. The SMILES string of the molecule is Cc1cn([C@H]2CC(N)[C@@H](CO)O2)c(=O)n(C(C)C)c1=O. The minimum atomic E-state index is -0.543. The Morgan fingerprint density at radius 3 is 2.65 bits per heavy atom. The lowest BCUT2D eigenvalue weighted by Crippen LogP contribution is -2.43. The first-order chi connectivity index (χ1) is 9.36. The summed E-state index contributed by atoms with van der Waals surface area (Å²) in [5, 5.41) is 9.16. The molecule has 1 aliphatic heterocycles. The summed E-state index contributed by atoms with van der Waals surface area (Å²) in [6, 6.07) is -0.554. The van der Waals surface area contributed by atoms with Gasteiger partial charge in [0.05, 0.1) is 12.7 Å². The van der Waals surface area contributed by atoms with E-state index in [9.17, 15) is 9.59 Å². The number of aliphatic hydroxyl groups is 1. The van der Waals surface area contributed by atoms with E-state index < -0.39 is 18.0 Å². The van der Waals surface area contributed by atoms with Gasteiger partial charge in [-0.3, -0.25) is 13.9 Å². The molecule has 1 aliphatic rings. The van der Waals surface area contributed by atoms with Gasteiger partial charge in [0.2, 0.25) is 0 Å². The molecule has 0 radical (unpaired) electrons. The number of nitrogens with zero attached hydrogens (tertiary/aromatic N) is 2. The molecule has 2 rings (SSSR count). The number of hydrogen-bond acceptors (Lipinski definition) is 5. The van der Waals surface area contributed by atoms with Gasteiger partial charge in [-0.05, 0) is 20.8 Å². The molecule has 2 heterocycles. The molecular formula is C13H21N3O4. The molecule has 0 saturated carbocycles. The lowest BCUT2D eigenvalue weighted by Gasteiger charge is -2.18. The number of nitrogens with two attached hydrogens (primary N) is 1. The fraction of sp³-hybridized carbons (Fsp3) is 0.692. The second-order valence-corrected chi connectivity index (χ2v) is 5.48. The highest BCUT2D eigenvalue weighted by Crippen LogP contribution is 2.26.